The second-order valence-corrected chi connectivity index (χ2v) is 4.48. The third-order valence-electron chi connectivity index (χ3n) is 3.29. The highest BCUT2D eigenvalue weighted by Gasteiger charge is 2.25. The minimum absolute atomic E-state index is 0.0655. The van der Waals surface area contributed by atoms with Gasteiger partial charge in [0.25, 0.3) is 0 Å². The van der Waals surface area contributed by atoms with Gasteiger partial charge in [-0.2, -0.15) is 5.26 Å². The lowest BCUT2D eigenvalue weighted by molar-refractivity contribution is 0.340. The molecule has 3 nitrogen and oxygen atoms in total. The van der Waals surface area contributed by atoms with Crippen molar-refractivity contribution in [1.82, 2.24) is 5.32 Å². The highest BCUT2D eigenvalue weighted by atomic mass is 19.1. The van der Waals surface area contributed by atoms with Crippen molar-refractivity contribution in [3.63, 3.8) is 0 Å². The number of rotatable bonds is 1. The van der Waals surface area contributed by atoms with Crippen molar-refractivity contribution in [2.24, 2.45) is 10.9 Å². The van der Waals surface area contributed by atoms with Gasteiger partial charge in [-0.3, -0.25) is 4.99 Å². The average molecular weight is 275 g/mol. The zero-order chi connectivity index (χ0) is 14.8. The van der Waals surface area contributed by atoms with Crippen LogP contribution in [0.5, 0.6) is 0 Å². The maximum Gasteiger partial charge on any atom is 0.106 e. The molecule has 20 heavy (non-hydrogen) atoms. The highest BCUT2D eigenvalue weighted by Crippen LogP contribution is 2.29. The average Bonchev–Trinajstić information content (AvgIpc) is 2.63. The van der Waals surface area contributed by atoms with Gasteiger partial charge < -0.3 is 5.32 Å². The molecule has 2 atom stereocenters. The summed E-state index contributed by atoms with van der Waals surface area (Å²) in [6.07, 6.45) is 11.6. The van der Waals surface area contributed by atoms with E-state index < -0.39 is 0 Å². The van der Waals surface area contributed by atoms with Crippen LogP contribution in [0.2, 0.25) is 0 Å². The smallest absolute Gasteiger partial charge is 0.106 e. The van der Waals surface area contributed by atoms with Gasteiger partial charge in [0, 0.05) is 30.6 Å². The van der Waals surface area contributed by atoms with Crippen LogP contribution < -0.4 is 5.32 Å². The molecular formula is C16H22FN3. The zero-order valence-electron chi connectivity index (χ0n) is 12.1. The lowest BCUT2D eigenvalue weighted by Crippen LogP contribution is -2.33. The number of allylic oxidation sites excluding steroid dienone is 3. The molecule has 1 heterocycles. The summed E-state index contributed by atoms with van der Waals surface area (Å²) in [7, 11) is 0. The zero-order valence-corrected chi connectivity index (χ0v) is 12.1. The molecule has 0 fully saturated rings. The predicted octanol–water partition coefficient (Wildman–Crippen LogP) is 4.02. The maximum absolute atomic E-state index is 14.1. The van der Waals surface area contributed by atoms with Gasteiger partial charge in [-0.15, -0.1) is 0 Å². The van der Waals surface area contributed by atoms with Crippen LogP contribution in [-0.2, 0) is 0 Å². The summed E-state index contributed by atoms with van der Waals surface area (Å²) in [5.74, 6) is -0.355. The van der Waals surface area contributed by atoms with E-state index in [0.29, 0.717) is 5.57 Å². The Kier molecular flexibility index (Phi) is 7.34. The Balaban J connectivity index is 0.000000956. The molecule has 0 radical (unpaired) electrons. The summed E-state index contributed by atoms with van der Waals surface area (Å²) in [5, 5.41) is 12.0. The summed E-state index contributed by atoms with van der Waals surface area (Å²) in [4.78, 5) is 4.04. The van der Waals surface area contributed by atoms with Gasteiger partial charge in [-0.1, -0.05) is 19.9 Å². The van der Waals surface area contributed by atoms with Crippen LogP contribution in [-0.4, -0.2) is 12.3 Å². The molecule has 0 aromatic rings. The first-order chi connectivity index (χ1) is 9.81. The minimum Gasteiger partial charge on any atom is -0.386 e. The second-order valence-electron chi connectivity index (χ2n) is 4.48. The summed E-state index contributed by atoms with van der Waals surface area (Å²) < 4.78 is 14.1. The molecule has 0 saturated heterocycles. The standard InChI is InChI=1S/C14H16FN3.C2H6/c15-13-9-11(10-16)3-1-4-12(13)14-5-2-6-17-7-8-18-14;1-2/h3,6-9,12,14,18H,1-2,4-5H2;1-2H3/b8-7-,17-6?;. The molecular weight excluding hydrogens is 253 g/mol. The number of nitrogens with one attached hydrogen (secondary N) is 1. The van der Waals surface area contributed by atoms with Crippen molar-refractivity contribution in [1.29, 1.82) is 5.26 Å². The first-order valence-corrected chi connectivity index (χ1v) is 7.21. The summed E-state index contributed by atoms with van der Waals surface area (Å²) in [5.41, 5.74) is 0.429. The number of hydrogen-bond donors (Lipinski definition) is 1. The van der Waals surface area contributed by atoms with Crippen LogP contribution in [0.3, 0.4) is 0 Å². The van der Waals surface area contributed by atoms with E-state index in [0.717, 1.165) is 25.7 Å². The molecule has 2 unspecified atom stereocenters. The Morgan fingerprint density at radius 1 is 1.35 bits per heavy atom. The third-order valence-corrected chi connectivity index (χ3v) is 3.29. The molecule has 2 aliphatic rings. The Labute approximate surface area is 120 Å². The number of aliphatic imine (C=N–C) groups is 1. The number of nitriles is 1. The van der Waals surface area contributed by atoms with Crippen LogP contribution in [0.15, 0.2) is 40.9 Å². The van der Waals surface area contributed by atoms with Gasteiger partial charge in [0.15, 0.2) is 0 Å². The molecule has 0 bridgehead atoms. The second kappa shape index (κ2) is 9.08. The molecule has 108 valence electrons. The lowest BCUT2D eigenvalue weighted by atomic mass is 9.90. The SMILES string of the molecule is CC.N#CC1=CCCC(C2CCC=N/C=C\N2)C(F)=C1. The molecule has 1 N–H and O–H groups in total. The quantitative estimate of drug-likeness (QED) is 0.785. The summed E-state index contributed by atoms with van der Waals surface area (Å²) >= 11 is 0. The highest BCUT2D eigenvalue weighted by molar-refractivity contribution is 5.58. The minimum atomic E-state index is -0.191. The molecule has 0 saturated carbocycles. The Morgan fingerprint density at radius 3 is 2.90 bits per heavy atom. The van der Waals surface area contributed by atoms with Crippen molar-refractivity contribution in [3.8, 4) is 6.07 Å². The lowest BCUT2D eigenvalue weighted by Gasteiger charge is -2.26. The van der Waals surface area contributed by atoms with E-state index in [1.165, 1.54) is 6.08 Å². The normalized spacial score (nSPS) is 27.1. The van der Waals surface area contributed by atoms with Crippen LogP contribution >= 0.6 is 0 Å². The number of halogens is 1. The van der Waals surface area contributed by atoms with Gasteiger partial charge in [0.1, 0.15) is 5.83 Å². The number of nitrogens with zero attached hydrogens (tertiary/aromatic N) is 2. The molecule has 4 heteroatoms. The molecule has 0 aromatic carbocycles. The first-order valence-electron chi connectivity index (χ1n) is 7.21. The van der Waals surface area contributed by atoms with E-state index in [2.05, 4.69) is 10.3 Å². The van der Waals surface area contributed by atoms with Gasteiger partial charge in [-0.05, 0) is 31.8 Å². The van der Waals surface area contributed by atoms with E-state index in [9.17, 15) is 4.39 Å². The topological polar surface area (TPSA) is 48.2 Å². The van der Waals surface area contributed by atoms with Crippen LogP contribution in [0.25, 0.3) is 0 Å². The fraction of sp³-hybridized carbons (Fsp3) is 0.500. The Bertz CT molecular complexity index is 455. The Hall–Kier alpha value is -1.89. The molecule has 1 aliphatic carbocycles. The van der Waals surface area contributed by atoms with Crippen molar-refractivity contribution in [2.75, 3.05) is 0 Å². The van der Waals surface area contributed by atoms with Gasteiger partial charge in [0.05, 0.1) is 11.6 Å². The van der Waals surface area contributed by atoms with Gasteiger partial charge >= 0.3 is 0 Å². The van der Waals surface area contributed by atoms with Gasteiger partial charge in [-0.25, -0.2) is 4.39 Å². The van der Waals surface area contributed by atoms with Crippen molar-refractivity contribution < 1.29 is 4.39 Å². The van der Waals surface area contributed by atoms with Crippen molar-refractivity contribution >= 4 is 6.21 Å². The van der Waals surface area contributed by atoms with Gasteiger partial charge in [0.2, 0.25) is 0 Å². The summed E-state index contributed by atoms with van der Waals surface area (Å²) in [6, 6.07) is 2.07. The molecule has 0 amide bonds. The van der Waals surface area contributed by atoms with Crippen molar-refractivity contribution in [2.45, 2.75) is 45.6 Å². The van der Waals surface area contributed by atoms with E-state index in [1.807, 2.05) is 26.1 Å². The van der Waals surface area contributed by atoms with Crippen LogP contribution in [0.4, 0.5) is 4.39 Å². The first kappa shape index (κ1) is 16.2. The Morgan fingerprint density at radius 2 is 2.15 bits per heavy atom. The van der Waals surface area contributed by atoms with E-state index in [-0.39, 0.29) is 17.8 Å². The molecule has 1 aliphatic heterocycles. The fourth-order valence-corrected chi connectivity index (χ4v) is 2.34. The van der Waals surface area contributed by atoms with Crippen molar-refractivity contribution in [3.05, 3.63) is 36.0 Å². The summed E-state index contributed by atoms with van der Waals surface area (Å²) in [6.45, 7) is 4.00. The maximum atomic E-state index is 14.1. The number of hydrogen-bond acceptors (Lipinski definition) is 3. The monoisotopic (exact) mass is 275 g/mol. The van der Waals surface area contributed by atoms with E-state index in [4.69, 9.17) is 5.26 Å². The van der Waals surface area contributed by atoms with E-state index in [1.54, 1.807) is 18.5 Å². The third kappa shape index (κ3) is 4.65. The van der Waals surface area contributed by atoms with Crippen LogP contribution in [0, 0.1) is 17.2 Å². The fourth-order valence-electron chi connectivity index (χ4n) is 2.34. The largest absolute Gasteiger partial charge is 0.386 e. The predicted molar refractivity (Wildman–Crippen MR) is 80.7 cm³/mol. The molecule has 0 spiro atoms. The molecule has 0 aromatic heterocycles. The van der Waals surface area contributed by atoms with E-state index >= 15 is 0 Å². The molecule has 2 rings (SSSR count). The van der Waals surface area contributed by atoms with Crippen LogP contribution in [0.1, 0.15) is 39.5 Å².